The Labute approximate surface area is 160 Å². The first kappa shape index (κ1) is 18.2. The summed E-state index contributed by atoms with van der Waals surface area (Å²) in [5, 5.41) is 0.552. The first-order chi connectivity index (χ1) is 12.1. The first-order valence-electron chi connectivity index (χ1n) is 8.15. The molecule has 0 saturated carbocycles. The van der Waals surface area contributed by atoms with Crippen LogP contribution in [0.4, 0.5) is 0 Å². The minimum absolute atomic E-state index is 0.0671. The molecule has 0 aromatic heterocycles. The number of carbonyl (C=O) groups excluding carboxylic acids is 1. The van der Waals surface area contributed by atoms with Gasteiger partial charge in [0.25, 0.3) is 0 Å². The topological polar surface area (TPSA) is 38.8 Å². The molecule has 1 heterocycles. The Balaban J connectivity index is 1.51. The quantitative estimate of drug-likeness (QED) is 0.711. The minimum atomic E-state index is -0.0877. The summed E-state index contributed by atoms with van der Waals surface area (Å²) in [6.07, 6.45) is 0.230. The van der Waals surface area contributed by atoms with E-state index in [0.717, 1.165) is 10.0 Å². The largest absolute Gasteiger partial charge is 0.491 e. The second kappa shape index (κ2) is 8.70. The maximum absolute atomic E-state index is 12.5. The van der Waals surface area contributed by atoms with Crippen molar-refractivity contribution in [1.29, 1.82) is 0 Å². The van der Waals surface area contributed by atoms with E-state index in [0.29, 0.717) is 43.5 Å². The van der Waals surface area contributed by atoms with Crippen LogP contribution in [0.1, 0.15) is 18.1 Å². The van der Waals surface area contributed by atoms with Gasteiger partial charge < -0.3 is 14.4 Å². The molecule has 0 radical (unpaired) electrons. The molecule has 0 N–H and O–H groups in total. The summed E-state index contributed by atoms with van der Waals surface area (Å²) in [6.45, 7) is 2.02. The first-order valence-corrected chi connectivity index (χ1v) is 9.33. The van der Waals surface area contributed by atoms with Crippen LogP contribution < -0.4 is 4.74 Å². The molecule has 6 heteroatoms. The average molecular weight is 425 g/mol. The fraction of sp³-hybridized carbons (Fsp3) is 0.316. The van der Waals surface area contributed by atoms with E-state index >= 15 is 0 Å². The van der Waals surface area contributed by atoms with Gasteiger partial charge in [-0.3, -0.25) is 4.79 Å². The molecule has 2 aromatic rings. The van der Waals surface area contributed by atoms with Gasteiger partial charge in [0.05, 0.1) is 31.2 Å². The molecule has 1 amide bonds. The van der Waals surface area contributed by atoms with Crippen molar-refractivity contribution in [2.45, 2.75) is 12.5 Å². The third-order valence-corrected chi connectivity index (χ3v) is 4.91. The molecule has 1 aliphatic heterocycles. The second-order valence-electron chi connectivity index (χ2n) is 5.78. The molecule has 3 rings (SSSR count). The number of carbonyl (C=O) groups is 1. The van der Waals surface area contributed by atoms with Crippen LogP contribution in [0, 0.1) is 0 Å². The van der Waals surface area contributed by atoms with Crippen LogP contribution in [0.3, 0.4) is 0 Å². The number of hydrogen-bond acceptors (Lipinski definition) is 3. The van der Waals surface area contributed by atoms with E-state index in [2.05, 4.69) is 15.9 Å². The predicted octanol–water partition coefficient (Wildman–Crippen LogP) is 4.47. The summed E-state index contributed by atoms with van der Waals surface area (Å²) in [5.74, 6) is 0.671. The van der Waals surface area contributed by atoms with Gasteiger partial charge in [-0.15, -0.1) is 0 Å². The Morgan fingerprint density at radius 2 is 2.00 bits per heavy atom. The van der Waals surface area contributed by atoms with E-state index in [4.69, 9.17) is 21.1 Å². The highest BCUT2D eigenvalue weighted by molar-refractivity contribution is 9.10. The van der Waals surface area contributed by atoms with Crippen LogP contribution in [0.2, 0.25) is 5.02 Å². The smallest absolute Gasteiger partial charge is 0.226 e. The summed E-state index contributed by atoms with van der Waals surface area (Å²) < 4.78 is 12.4. The van der Waals surface area contributed by atoms with Crippen LogP contribution in [-0.2, 0) is 9.53 Å². The molecule has 1 unspecified atom stereocenters. The molecule has 0 aliphatic carbocycles. The molecule has 25 heavy (non-hydrogen) atoms. The van der Waals surface area contributed by atoms with Crippen molar-refractivity contribution >= 4 is 33.4 Å². The van der Waals surface area contributed by atoms with Crippen molar-refractivity contribution in [2.24, 2.45) is 0 Å². The molecular weight excluding hydrogens is 406 g/mol. The fourth-order valence-corrected chi connectivity index (χ4v) is 3.18. The van der Waals surface area contributed by atoms with E-state index in [1.54, 1.807) is 12.1 Å². The highest BCUT2D eigenvalue weighted by Gasteiger charge is 2.25. The van der Waals surface area contributed by atoms with Gasteiger partial charge in [-0.2, -0.15) is 0 Å². The van der Waals surface area contributed by atoms with Gasteiger partial charge in [-0.05, 0) is 29.8 Å². The normalized spacial score (nSPS) is 17.4. The summed E-state index contributed by atoms with van der Waals surface area (Å²) >= 11 is 9.47. The SMILES string of the molecule is O=C(CCOc1ccccc1Cl)N1CCOC(c2ccc(Br)cc2)C1. The standard InChI is InChI=1S/C19H19BrClNO3/c20-15-7-5-14(6-8-15)18-13-22(10-12-25-18)19(23)9-11-24-17-4-2-1-3-16(17)21/h1-8,18H,9-13H2. The summed E-state index contributed by atoms with van der Waals surface area (Å²) in [6, 6.07) is 15.3. The molecule has 4 nitrogen and oxygen atoms in total. The van der Waals surface area contributed by atoms with Crippen molar-refractivity contribution in [1.82, 2.24) is 4.90 Å². The summed E-state index contributed by atoms with van der Waals surface area (Å²) in [7, 11) is 0. The lowest BCUT2D eigenvalue weighted by molar-refractivity contribution is -0.139. The monoisotopic (exact) mass is 423 g/mol. The van der Waals surface area contributed by atoms with Gasteiger partial charge in [0, 0.05) is 11.0 Å². The molecule has 2 aromatic carbocycles. The highest BCUT2D eigenvalue weighted by Crippen LogP contribution is 2.25. The predicted molar refractivity (Wildman–Crippen MR) is 101 cm³/mol. The molecule has 0 bridgehead atoms. The van der Waals surface area contributed by atoms with Gasteiger partial charge in [0.1, 0.15) is 11.9 Å². The van der Waals surface area contributed by atoms with Gasteiger partial charge in [0.15, 0.2) is 0 Å². The lowest BCUT2D eigenvalue weighted by atomic mass is 10.1. The molecular formula is C19H19BrClNO3. The molecule has 132 valence electrons. The molecule has 1 saturated heterocycles. The van der Waals surface area contributed by atoms with Crippen LogP contribution in [0.25, 0.3) is 0 Å². The number of nitrogens with zero attached hydrogens (tertiary/aromatic N) is 1. The van der Waals surface area contributed by atoms with Crippen molar-refractivity contribution in [3.63, 3.8) is 0 Å². The van der Waals surface area contributed by atoms with Gasteiger partial charge in [-0.1, -0.05) is 51.8 Å². The Hall–Kier alpha value is -1.56. The number of halogens is 2. The van der Waals surface area contributed by atoms with E-state index < -0.39 is 0 Å². The molecule has 0 spiro atoms. The van der Waals surface area contributed by atoms with E-state index in [1.807, 2.05) is 41.3 Å². The Morgan fingerprint density at radius 1 is 1.24 bits per heavy atom. The van der Waals surface area contributed by atoms with Gasteiger partial charge in [0.2, 0.25) is 5.91 Å². The van der Waals surface area contributed by atoms with Crippen molar-refractivity contribution in [2.75, 3.05) is 26.3 Å². The Kier molecular flexibility index (Phi) is 6.34. The lowest BCUT2D eigenvalue weighted by Gasteiger charge is -2.33. The number of morpholine rings is 1. The Bertz CT molecular complexity index is 723. The third-order valence-electron chi connectivity index (χ3n) is 4.07. The zero-order chi connectivity index (χ0) is 17.6. The lowest BCUT2D eigenvalue weighted by Crippen LogP contribution is -2.42. The van der Waals surface area contributed by atoms with E-state index in [1.165, 1.54) is 0 Å². The zero-order valence-corrected chi connectivity index (χ0v) is 16.0. The van der Waals surface area contributed by atoms with Crippen LogP contribution in [-0.4, -0.2) is 37.1 Å². The van der Waals surface area contributed by atoms with E-state index in [9.17, 15) is 4.79 Å². The van der Waals surface area contributed by atoms with Crippen LogP contribution >= 0.6 is 27.5 Å². The van der Waals surface area contributed by atoms with Gasteiger partial charge in [-0.25, -0.2) is 0 Å². The number of amides is 1. The summed E-state index contributed by atoms with van der Waals surface area (Å²) in [4.78, 5) is 14.3. The van der Waals surface area contributed by atoms with Crippen LogP contribution in [0.5, 0.6) is 5.75 Å². The van der Waals surface area contributed by atoms with Crippen LogP contribution in [0.15, 0.2) is 53.0 Å². The molecule has 1 atom stereocenters. The third kappa shape index (κ3) is 4.97. The molecule has 1 aliphatic rings. The average Bonchev–Trinajstić information content (AvgIpc) is 2.64. The number of para-hydroxylation sites is 1. The second-order valence-corrected chi connectivity index (χ2v) is 7.10. The highest BCUT2D eigenvalue weighted by atomic mass is 79.9. The number of ether oxygens (including phenoxy) is 2. The van der Waals surface area contributed by atoms with Crippen molar-refractivity contribution < 1.29 is 14.3 Å². The fourth-order valence-electron chi connectivity index (χ4n) is 2.72. The number of benzene rings is 2. The Morgan fingerprint density at radius 3 is 2.76 bits per heavy atom. The van der Waals surface area contributed by atoms with Crippen molar-refractivity contribution in [3.05, 3.63) is 63.6 Å². The zero-order valence-electron chi connectivity index (χ0n) is 13.7. The number of rotatable bonds is 5. The maximum Gasteiger partial charge on any atom is 0.226 e. The van der Waals surface area contributed by atoms with E-state index in [-0.39, 0.29) is 12.0 Å². The molecule has 1 fully saturated rings. The van der Waals surface area contributed by atoms with Crippen molar-refractivity contribution in [3.8, 4) is 5.75 Å². The number of hydrogen-bond donors (Lipinski definition) is 0. The maximum atomic E-state index is 12.5. The van der Waals surface area contributed by atoms with Gasteiger partial charge >= 0.3 is 0 Å². The summed E-state index contributed by atoms with van der Waals surface area (Å²) in [5.41, 5.74) is 1.08. The minimum Gasteiger partial charge on any atom is -0.491 e.